The van der Waals surface area contributed by atoms with E-state index in [-0.39, 0.29) is 23.5 Å². The first-order chi connectivity index (χ1) is 10.3. The van der Waals surface area contributed by atoms with Crippen molar-refractivity contribution in [3.8, 4) is 11.1 Å². The molecule has 0 atom stereocenters. The Bertz CT molecular complexity index is 695. The van der Waals surface area contributed by atoms with Crippen LogP contribution in [0.25, 0.3) is 11.1 Å². The van der Waals surface area contributed by atoms with Crippen LogP contribution in [0.2, 0.25) is 0 Å². The van der Waals surface area contributed by atoms with Gasteiger partial charge in [-0.05, 0) is 28.8 Å². The van der Waals surface area contributed by atoms with Gasteiger partial charge >= 0.3 is 6.18 Å². The van der Waals surface area contributed by atoms with Crippen molar-refractivity contribution in [1.29, 1.82) is 0 Å². The van der Waals surface area contributed by atoms with Crippen LogP contribution in [0, 0.1) is 5.82 Å². The summed E-state index contributed by atoms with van der Waals surface area (Å²) in [5, 5.41) is 2.42. The van der Waals surface area contributed by atoms with Gasteiger partial charge in [-0.15, -0.1) is 0 Å². The highest BCUT2D eigenvalue weighted by atomic mass is 19.4. The maximum absolute atomic E-state index is 13.2. The second kappa shape index (κ2) is 6.17. The minimum atomic E-state index is -4.68. The minimum absolute atomic E-state index is 0.0542. The summed E-state index contributed by atoms with van der Waals surface area (Å²) in [6.07, 6.45) is -4.74. The Morgan fingerprint density at radius 2 is 1.77 bits per heavy atom. The zero-order valence-corrected chi connectivity index (χ0v) is 11.7. The smallest absolute Gasteiger partial charge is 0.359 e. The Kier molecular flexibility index (Phi) is 4.49. The van der Waals surface area contributed by atoms with E-state index in [1.807, 2.05) is 0 Å². The number of alkyl halides is 3. The van der Waals surface area contributed by atoms with Gasteiger partial charge in [0.25, 0.3) is 0 Å². The molecule has 6 heteroatoms. The van der Waals surface area contributed by atoms with Crippen LogP contribution in [0.3, 0.4) is 0 Å². The molecule has 0 saturated heterocycles. The van der Waals surface area contributed by atoms with E-state index in [2.05, 4.69) is 5.32 Å². The highest BCUT2D eigenvalue weighted by Crippen LogP contribution is 2.38. The quantitative estimate of drug-likeness (QED) is 0.858. The van der Waals surface area contributed by atoms with Gasteiger partial charge in [0.2, 0.25) is 5.91 Å². The van der Waals surface area contributed by atoms with Gasteiger partial charge in [-0.1, -0.05) is 30.3 Å². The molecule has 116 valence electrons. The lowest BCUT2D eigenvalue weighted by atomic mass is 9.93. The third-order valence-corrected chi connectivity index (χ3v) is 3.22. The van der Waals surface area contributed by atoms with Crippen molar-refractivity contribution >= 4 is 5.91 Å². The lowest BCUT2D eigenvalue weighted by molar-refractivity contribution is -0.137. The number of likely N-dealkylation sites (N-methyl/N-ethyl adjacent to an activating group) is 1. The number of rotatable bonds is 3. The van der Waals surface area contributed by atoms with Crippen molar-refractivity contribution < 1.29 is 22.4 Å². The minimum Gasteiger partial charge on any atom is -0.359 e. The van der Waals surface area contributed by atoms with Crippen LogP contribution >= 0.6 is 0 Å². The lowest BCUT2D eigenvalue weighted by Crippen LogP contribution is -2.20. The van der Waals surface area contributed by atoms with E-state index in [0.29, 0.717) is 11.6 Å². The van der Waals surface area contributed by atoms with Crippen molar-refractivity contribution in [1.82, 2.24) is 5.32 Å². The fourth-order valence-corrected chi connectivity index (χ4v) is 2.18. The number of hydrogen-bond donors (Lipinski definition) is 1. The maximum atomic E-state index is 13.2. The van der Waals surface area contributed by atoms with Gasteiger partial charge in [0.05, 0.1) is 12.0 Å². The van der Waals surface area contributed by atoms with Crippen LogP contribution in [0.5, 0.6) is 0 Å². The van der Waals surface area contributed by atoms with Gasteiger partial charge < -0.3 is 5.32 Å². The molecule has 0 heterocycles. The molecular weight excluding hydrogens is 298 g/mol. The fraction of sp³-hybridized carbons (Fsp3) is 0.188. The molecule has 0 spiro atoms. The number of halogens is 4. The molecule has 0 aromatic heterocycles. The zero-order chi connectivity index (χ0) is 16.3. The average molecular weight is 311 g/mol. The van der Waals surface area contributed by atoms with Gasteiger partial charge in [0.1, 0.15) is 5.82 Å². The number of carbonyl (C=O) groups excluding carboxylic acids is 1. The van der Waals surface area contributed by atoms with Crippen LogP contribution in [0.4, 0.5) is 17.6 Å². The summed E-state index contributed by atoms with van der Waals surface area (Å²) in [7, 11) is 1.45. The number of amides is 1. The highest BCUT2D eigenvalue weighted by molar-refractivity contribution is 5.82. The predicted octanol–water partition coefficient (Wildman–Crippen LogP) is 3.80. The number of benzene rings is 2. The molecule has 22 heavy (non-hydrogen) atoms. The monoisotopic (exact) mass is 311 g/mol. The first kappa shape index (κ1) is 16.0. The van der Waals surface area contributed by atoms with Crippen molar-refractivity contribution in [3.05, 3.63) is 59.4 Å². The molecule has 0 aliphatic carbocycles. The Hall–Kier alpha value is -2.37. The lowest BCUT2D eigenvalue weighted by Gasteiger charge is -2.16. The van der Waals surface area contributed by atoms with Crippen molar-refractivity contribution in [2.24, 2.45) is 0 Å². The van der Waals surface area contributed by atoms with E-state index in [1.54, 1.807) is 18.2 Å². The molecule has 0 aliphatic rings. The molecule has 0 bridgehead atoms. The summed E-state index contributed by atoms with van der Waals surface area (Å²) in [6, 6.07) is 8.80. The summed E-state index contributed by atoms with van der Waals surface area (Å²) in [5.74, 6) is -1.28. The predicted molar refractivity (Wildman–Crippen MR) is 74.6 cm³/mol. The SMILES string of the molecule is CNC(=O)Cc1ccccc1-c1ccc(F)cc1C(F)(F)F. The van der Waals surface area contributed by atoms with Gasteiger partial charge in [-0.3, -0.25) is 4.79 Å². The average Bonchev–Trinajstić information content (AvgIpc) is 2.47. The van der Waals surface area contributed by atoms with Crippen LogP contribution in [0.15, 0.2) is 42.5 Å². The van der Waals surface area contributed by atoms with Crippen molar-refractivity contribution in [2.75, 3.05) is 7.05 Å². The molecule has 1 amide bonds. The van der Waals surface area contributed by atoms with Gasteiger partial charge in [-0.25, -0.2) is 4.39 Å². The van der Waals surface area contributed by atoms with Crippen molar-refractivity contribution in [3.63, 3.8) is 0 Å². The highest BCUT2D eigenvalue weighted by Gasteiger charge is 2.34. The van der Waals surface area contributed by atoms with E-state index < -0.39 is 17.6 Å². The molecular formula is C16H13F4NO. The molecule has 2 aromatic rings. The standard InChI is InChI=1S/C16H13F4NO/c1-21-15(22)8-10-4-2-3-5-12(10)13-7-6-11(17)9-14(13)16(18,19)20/h2-7,9H,8H2,1H3,(H,21,22). The fourth-order valence-electron chi connectivity index (χ4n) is 2.18. The number of carbonyl (C=O) groups is 1. The Balaban J connectivity index is 2.60. The molecule has 0 radical (unpaired) electrons. The second-order valence-corrected chi connectivity index (χ2v) is 4.69. The Morgan fingerprint density at radius 3 is 2.41 bits per heavy atom. The largest absolute Gasteiger partial charge is 0.417 e. The molecule has 0 aliphatic heterocycles. The molecule has 0 saturated carbocycles. The molecule has 2 nitrogen and oxygen atoms in total. The zero-order valence-electron chi connectivity index (χ0n) is 11.7. The van der Waals surface area contributed by atoms with E-state index in [0.717, 1.165) is 12.1 Å². The van der Waals surface area contributed by atoms with Crippen LogP contribution in [-0.4, -0.2) is 13.0 Å². The Labute approximate surface area is 124 Å². The van der Waals surface area contributed by atoms with E-state index in [1.165, 1.54) is 13.1 Å². The maximum Gasteiger partial charge on any atom is 0.417 e. The first-order valence-electron chi connectivity index (χ1n) is 6.48. The molecule has 1 N–H and O–H groups in total. The summed E-state index contributed by atoms with van der Waals surface area (Å²) in [5.41, 5.74) is -0.498. The van der Waals surface area contributed by atoms with E-state index >= 15 is 0 Å². The summed E-state index contributed by atoms with van der Waals surface area (Å²) < 4.78 is 52.6. The third kappa shape index (κ3) is 3.44. The number of nitrogens with one attached hydrogen (secondary N) is 1. The molecule has 2 aromatic carbocycles. The van der Waals surface area contributed by atoms with E-state index in [4.69, 9.17) is 0 Å². The summed E-state index contributed by atoms with van der Waals surface area (Å²) in [4.78, 5) is 11.5. The van der Waals surface area contributed by atoms with Gasteiger partial charge in [0, 0.05) is 7.05 Å². The van der Waals surface area contributed by atoms with E-state index in [9.17, 15) is 22.4 Å². The second-order valence-electron chi connectivity index (χ2n) is 4.69. The van der Waals surface area contributed by atoms with Gasteiger partial charge in [-0.2, -0.15) is 13.2 Å². The van der Waals surface area contributed by atoms with Crippen LogP contribution < -0.4 is 5.32 Å². The van der Waals surface area contributed by atoms with Crippen LogP contribution in [0.1, 0.15) is 11.1 Å². The summed E-state index contributed by atoms with van der Waals surface area (Å²) >= 11 is 0. The summed E-state index contributed by atoms with van der Waals surface area (Å²) in [6.45, 7) is 0. The molecule has 0 fully saturated rings. The van der Waals surface area contributed by atoms with Crippen molar-refractivity contribution in [2.45, 2.75) is 12.6 Å². The number of hydrogen-bond acceptors (Lipinski definition) is 1. The van der Waals surface area contributed by atoms with Gasteiger partial charge in [0.15, 0.2) is 0 Å². The molecule has 0 unspecified atom stereocenters. The molecule has 2 rings (SSSR count). The third-order valence-electron chi connectivity index (χ3n) is 3.22. The first-order valence-corrected chi connectivity index (χ1v) is 6.48. The topological polar surface area (TPSA) is 29.1 Å². The Morgan fingerprint density at radius 1 is 1.09 bits per heavy atom. The van der Waals surface area contributed by atoms with Crippen LogP contribution in [-0.2, 0) is 17.4 Å². The normalized spacial score (nSPS) is 11.3.